The number of nitrogens with zero attached hydrogens (tertiary/aromatic N) is 2. The van der Waals surface area contributed by atoms with Gasteiger partial charge in [0.05, 0.1) is 27.3 Å². The Balaban J connectivity index is 1.71. The maximum atomic E-state index is 15.4. The molecule has 3 heterocycles. The molecular formula is C32H32FN2+. The van der Waals surface area contributed by atoms with Gasteiger partial charge in [0.1, 0.15) is 12.9 Å². The van der Waals surface area contributed by atoms with E-state index < -0.39 is 0 Å². The molecule has 6 aromatic rings. The van der Waals surface area contributed by atoms with Crippen LogP contribution in [-0.2, 0) is 7.05 Å². The lowest BCUT2D eigenvalue weighted by Crippen LogP contribution is -2.29. The number of aromatic nitrogens is 2. The van der Waals surface area contributed by atoms with Crippen LogP contribution in [0.1, 0.15) is 62.1 Å². The third-order valence-corrected chi connectivity index (χ3v) is 9.07. The first-order valence-electron chi connectivity index (χ1n) is 12.9. The summed E-state index contributed by atoms with van der Waals surface area (Å²) in [4.78, 5) is 0. The Kier molecular flexibility index (Phi) is 4.18. The summed E-state index contributed by atoms with van der Waals surface area (Å²) in [5.74, 6) is 0.439. The molecule has 3 aromatic carbocycles. The molecule has 1 aliphatic rings. The lowest BCUT2D eigenvalue weighted by molar-refractivity contribution is -0.643. The first-order valence-corrected chi connectivity index (χ1v) is 12.9. The van der Waals surface area contributed by atoms with E-state index in [-0.39, 0.29) is 5.82 Å². The first kappa shape index (κ1) is 21.1. The van der Waals surface area contributed by atoms with E-state index in [1.54, 1.807) is 6.07 Å². The molecule has 1 saturated carbocycles. The molecular weight excluding hydrogens is 431 g/mol. The number of benzene rings is 3. The van der Waals surface area contributed by atoms with E-state index in [0.717, 1.165) is 21.8 Å². The zero-order valence-corrected chi connectivity index (χ0v) is 21.3. The van der Waals surface area contributed by atoms with Gasteiger partial charge in [0.15, 0.2) is 6.20 Å². The number of hydrogen-bond acceptors (Lipinski definition) is 0. The Bertz CT molecular complexity index is 1810. The summed E-state index contributed by atoms with van der Waals surface area (Å²) in [7, 11) is 2.14. The van der Waals surface area contributed by atoms with Gasteiger partial charge in [-0.15, -0.1) is 0 Å². The van der Waals surface area contributed by atoms with Gasteiger partial charge in [-0.3, -0.25) is 0 Å². The van der Waals surface area contributed by atoms with Crippen molar-refractivity contribution in [3.05, 3.63) is 71.2 Å². The van der Waals surface area contributed by atoms with Gasteiger partial charge in [-0.2, -0.15) is 0 Å². The van der Waals surface area contributed by atoms with Gasteiger partial charge < -0.3 is 4.40 Å². The Morgan fingerprint density at radius 3 is 2.49 bits per heavy atom. The van der Waals surface area contributed by atoms with Crippen molar-refractivity contribution in [2.75, 3.05) is 0 Å². The predicted molar refractivity (Wildman–Crippen MR) is 144 cm³/mol. The predicted octanol–water partition coefficient (Wildman–Crippen LogP) is 8.25. The molecule has 2 nitrogen and oxygen atoms in total. The van der Waals surface area contributed by atoms with Crippen LogP contribution in [0.2, 0.25) is 0 Å². The van der Waals surface area contributed by atoms with Crippen LogP contribution in [0.5, 0.6) is 0 Å². The molecule has 1 aliphatic carbocycles. The third-order valence-electron chi connectivity index (χ3n) is 9.07. The van der Waals surface area contributed by atoms with E-state index in [1.807, 2.05) is 6.07 Å². The normalized spacial score (nSPS) is 17.1. The van der Waals surface area contributed by atoms with Gasteiger partial charge in [-0.05, 0) is 97.2 Å². The minimum Gasteiger partial charge on any atom is -0.307 e. The lowest BCUT2D eigenvalue weighted by atomic mass is 9.71. The summed E-state index contributed by atoms with van der Waals surface area (Å²) in [5, 5.41) is 5.56. The number of halogens is 1. The zero-order valence-electron chi connectivity index (χ0n) is 21.3. The van der Waals surface area contributed by atoms with Crippen LogP contribution in [0.25, 0.3) is 49.0 Å². The highest BCUT2D eigenvalue weighted by molar-refractivity contribution is 6.26. The second-order valence-electron chi connectivity index (χ2n) is 11.8. The monoisotopic (exact) mass is 463 g/mol. The molecule has 1 fully saturated rings. The van der Waals surface area contributed by atoms with Crippen molar-refractivity contribution in [3.8, 4) is 0 Å². The third kappa shape index (κ3) is 2.78. The molecule has 0 radical (unpaired) electrons. The summed E-state index contributed by atoms with van der Waals surface area (Å²) < 4.78 is 20.0. The van der Waals surface area contributed by atoms with Crippen molar-refractivity contribution in [1.29, 1.82) is 0 Å². The molecule has 7 rings (SSSR count). The van der Waals surface area contributed by atoms with Crippen molar-refractivity contribution in [1.82, 2.24) is 4.40 Å². The Labute approximate surface area is 205 Å². The van der Waals surface area contributed by atoms with Crippen LogP contribution < -0.4 is 4.57 Å². The molecule has 176 valence electrons. The van der Waals surface area contributed by atoms with Crippen LogP contribution >= 0.6 is 0 Å². The summed E-state index contributed by atoms with van der Waals surface area (Å²) in [6.45, 7) is 9.17. The van der Waals surface area contributed by atoms with E-state index in [4.69, 9.17) is 0 Å². The molecule has 0 spiro atoms. The fourth-order valence-electron chi connectivity index (χ4n) is 6.90. The maximum Gasteiger partial charge on any atom is 0.224 e. The quantitative estimate of drug-likeness (QED) is 0.132. The Morgan fingerprint density at radius 2 is 1.71 bits per heavy atom. The molecule has 35 heavy (non-hydrogen) atoms. The van der Waals surface area contributed by atoms with Crippen LogP contribution in [0.4, 0.5) is 4.39 Å². The molecule has 0 bridgehead atoms. The molecule has 0 atom stereocenters. The van der Waals surface area contributed by atoms with E-state index in [1.165, 1.54) is 69.6 Å². The summed E-state index contributed by atoms with van der Waals surface area (Å²) >= 11 is 0. The van der Waals surface area contributed by atoms with Crippen LogP contribution in [0.15, 0.2) is 48.7 Å². The van der Waals surface area contributed by atoms with Gasteiger partial charge in [0.2, 0.25) is 5.52 Å². The first-order chi connectivity index (χ1) is 16.7. The minimum absolute atomic E-state index is 0.141. The van der Waals surface area contributed by atoms with Crippen molar-refractivity contribution in [2.45, 2.75) is 59.3 Å². The standard InChI is InChI=1S/C32H32FN2/c1-18-15-23-29-24(33)7-6-8-25(29)35-26-17-22(20-9-12-32(3,4)13-10-20)16-21-11-14-34(5)31(28(21)26)27(19(18)2)30(23)35/h6-8,11,14-17,20H,9-10,12-13H2,1-5H3/q+1. The molecule has 0 saturated heterocycles. The van der Waals surface area contributed by atoms with Crippen LogP contribution in [0.3, 0.4) is 0 Å². The summed E-state index contributed by atoms with van der Waals surface area (Å²) in [6.07, 6.45) is 7.20. The largest absolute Gasteiger partial charge is 0.307 e. The van der Waals surface area contributed by atoms with Crippen molar-refractivity contribution in [2.24, 2.45) is 12.5 Å². The average Bonchev–Trinajstić information content (AvgIpc) is 3.15. The number of fused-ring (bicyclic) bond motifs is 5. The summed E-state index contributed by atoms with van der Waals surface area (Å²) in [5.41, 5.74) is 8.91. The fraction of sp³-hybridized carbons (Fsp3) is 0.344. The van der Waals surface area contributed by atoms with E-state index in [0.29, 0.717) is 11.3 Å². The summed E-state index contributed by atoms with van der Waals surface area (Å²) in [6, 6.07) is 14.8. The molecule has 3 heteroatoms. The van der Waals surface area contributed by atoms with Crippen LogP contribution in [-0.4, -0.2) is 4.40 Å². The maximum absolute atomic E-state index is 15.4. The molecule has 3 aromatic heterocycles. The lowest BCUT2D eigenvalue weighted by Gasteiger charge is -2.34. The van der Waals surface area contributed by atoms with Gasteiger partial charge in [-0.25, -0.2) is 8.96 Å². The molecule has 0 unspecified atom stereocenters. The van der Waals surface area contributed by atoms with Crippen molar-refractivity contribution in [3.63, 3.8) is 0 Å². The zero-order chi connectivity index (χ0) is 24.2. The van der Waals surface area contributed by atoms with Gasteiger partial charge in [-0.1, -0.05) is 26.0 Å². The van der Waals surface area contributed by atoms with Gasteiger partial charge in [0, 0.05) is 16.8 Å². The highest BCUT2D eigenvalue weighted by atomic mass is 19.1. The highest BCUT2D eigenvalue weighted by Gasteiger charge is 2.30. The number of rotatable bonds is 1. The van der Waals surface area contributed by atoms with Gasteiger partial charge in [0.25, 0.3) is 0 Å². The van der Waals surface area contributed by atoms with Crippen LogP contribution in [0, 0.1) is 25.1 Å². The molecule has 0 amide bonds. The van der Waals surface area contributed by atoms with E-state index >= 15 is 4.39 Å². The van der Waals surface area contributed by atoms with E-state index in [2.05, 4.69) is 80.2 Å². The second kappa shape index (κ2) is 6.94. The number of pyridine rings is 2. The number of aryl methyl sites for hydroxylation is 3. The molecule has 0 N–H and O–H groups in total. The molecule has 0 aliphatic heterocycles. The number of hydrogen-bond donors (Lipinski definition) is 0. The topological polar surface area (TPSA) is 8.29 Å². The SMILES string of the molecule is Cc1cc2c3c(F)cccc3n3c4cc(C5CCC(C)(C)CC5)cc5cc[n+](C)c(c(c1C)c23)c54. The van der Waals surface area contributed by atoms with Crippen molar-refractivity contribution < 1.29 is 8.96 Å². The average molecular weight is 464 g/mol. The second-order valence-corrected chi connectivity index (χ2v) is 11.8. The van der Waals surface area contributed by atoms with Gasteiger partial charge >= 0.3 is 0 Å². The van der Waals surface area contributed by atoms with Crippen molar-refractivity contribution >= 4 is 49.0 Å². The Hall–Kier alpha value is -3.20. The fourth-order valence-corrected chi connectivity index (χ4v) is 6.90. The Morgan fingerprint density at radius 1 is 0.943 bits per heavy atom. The minimum atomic E-state index is -0.141. The smallest absolute Gasteiger partial charge is 0.224 e. The van der Waals surface area contributed by atoms with E-state index in [9.17, 15) is 0 Å². The highest BCUT2D eigenvalue weighted by Crippen LogP contribution is 2.46.